The number of esters is 1. The fraction of sp³-hybridized carbons (Fsp3) is 0.348. The number of benzene rings is 2. The van der Waals surface area contributed by atoms with E-state index < -0.39 is 44.7 Å². The maximum atomic E-state index is 14.5. The van der Waals surface area contributed by atoms with Crippen LogP contribution in [0.1, 0.15) is 48.2 Å². The summed E-state index contributed by atoms with van der Waals surface area (Å²) in [7, 11) is -4.15. The molecule has 3 amide bonds. The van der Waals surface area contributed by atoms with Crippen LogP contribution in [0, 0.1) is 5.82 Å². The molecule has 0 aliphatic carbocycles. The van der Waals surface area contributed by atoms with E-state index >= 15 is 0 Å². The third kappa shape index (κ3) is 5.97. The zero-order valence-electron chi connectivity index (χ0n) is 18.6. The summed E-state index contributed by atoms with van der Waals surface area (Å²) >= 11 is 0. The first-order chi connectivity index (χ1) is 16.2. The minimum Gasteiger partial charge on any atom is -0.444 e. The molecule has 0 aromatic heterocycles. The molecule has 2 aromatic carbocycles. The molecule has 2 N–H and O–H groups in total. The van der Waals surface area contributed by atoms with Gasteiger partial charge in [0.2, 0.25) is 16.1 Å². The Kier molecular flexibility index (Phi) is 8.35. The standard InChI is InChI=1S/C23H26FN3O6S/c1-2-25-23(30)26-21(28)20(16-9-5-3-6-10-16)33-22(29)17-11-12-18(24)19(15-17)34(31,32)27-13-7-4-8-14-27/h3,5-6,9-12,15,20H,2,4,7-8,13-14H2,1H3,(H2,25,26,28,30). The van der Waals surface area contributed by atoms with E-state index in [0.29, 0.717) is 18.4 Å². The summed E-state index contributed by atoms with van der Waals surface area (Å²) in [6.07, 6.45) is 0.730. The van der Waals surface area contributed by atoms with Gasteiger partial charge in [0.25, 0.3) is 5.91 Å². The molecule has 3 rings (SSSR count). The molecule has 0 radical (unpaired) electrons. The topological polar surface area (TPSA) is 122 Å². The molecular weight excluding hydrogens is 465 g/mol. The normalized spacial score (nSPS) is 15.2. The molecule has 34 heavy (non-hydrogen) atoms. The van der Waals surface area contributed by atoms with Gasteiger partial charge in [0.1, 0.15) is 10.7 Å². The van der Waals surface area contributed by atoms with Gasteiger partial charge in [-0.05, 0) is 38.0 Å². The van der Waals surface area contributed by atoms with Gasteiger partial charge in [-0.25, -0.2) is 22.4 Å². The second-order valence-electron chi connectivity index (χ2n) is 7.65. The van der Waals surface area contributed by atoms with Gasteiger partial charge < -0.3 is 10.1 Å². The Labute approximate surface area is 197 Å². The SMILES string of the molecule is CCNC(=O)NC(=O)C(OC(=O)c1ccc(F)c(S(=O)(=O)N2CCCCC2)c1)c1ccccc1. The quantitative estimate of drug-likeness (QED) is 0.575. The molecule has 182 valence electrons. The van der Waals surface area contributed by atoms with Crippen molar-refractivity contribution in [3.05, 3.63) is 65.5 Å². The summed E-state index contributed by atoms with van der Waals surface area (Å²) in [6.45, 7) is 2.49. The number of rotatable bonds is 7. The monoisotopic (exact) mass is 491 g/mol. The zero-order chi connectivity index (χ0) is 24.7. The molecular formula is C23H26FN3O6S. The summed E-state index contributed by atoms with van der Waals surface area (Å²) < 4.78 is 46.9. The van der Waals surface area contributed by atoms with Crippen molar-refractivity contribution in [2.75, 3.05) is 19.6 Å². The molecule has 1 aliphatic heterocycles. The van der Waals surface area contributed by atoms with Crippen molar-refractivity contribution in [1.29, 1.82) is 0 Å². The van der Waals surface area contributed by atoms with E-state index in [1.54, 1.807) is 25.1 Å². The van der Waals surface area contributed by atoms with Crippen LogP contribution in [-0.4, -0.2) is 50.3 Å². The number of halogens is 1. The van der Waals surface area contributed by atoms with Gasteiger partial charge in [-0.3, -0.25) is 10.1 Å². The minimum absolute atomic E-state index is 0.247. The van der Waals surface area contributed by atoms with Crippen molar-refractivity contribution in [2.45, 2.75) is 37.2 Å². The van der Waals surface area contributed by atoms with Gasteiger partial charge in [-0.1, -0.05) is 36.8 Å². The summed E-state index contributed by atoms with van der Waals surface area (Å²) in [5, 5.41) is 4.50. The zero-order valence-corrected chi connectivity index (χ0v) is 19.4. The Morgan fingerprint density at radius 3 is 2.38 bits per heavy atom. The fourth-order valence-corrected chi connectivity index (χ4v) is 5.14. The number of nitrogens with zero attached hydrogens (tertiary/aromatic N) is 1. The average molecular weight is 492 g/mol. The van der Waals surface area contributed by atoms with Crippen molar-refractivity contribution < 1.29 is 31.9 Å². The van der Waals surface area contributed by atoms with Crippen LogP contribution in [0.25, 0.3) is 0 Å². The Morgan fingerprint density at radius 1 is 1.06 bits per heavy atom. The lowest BCUT2D eigenvalue weighted by atomic mass is 10.1. The second-order valence-corrected chi connectivity index (χ2v) is 9.56. The number of ether oxygens (including phenoxy) is 1. The molecule has 0 saturated carbocycles. The van der Waals surface area contributed by atoms with E-state index in [9.17, 15) is 27.2 Å². The van der Waals surface area contributed by atoms with Crippen LogP contribution in [-0.2, 0) is 19.6 Å². The molecule has 0 spiro atoms. The minimum atomic E-state index is -4.15. The second kappa shape index (κ2) is 11.2. The van der Waals surface area contributed by atoms with Crippen LogP contribution in [0.5, 0.6) is 0 Å². The van der Waals surface area contributed by atoms with E-state index in [1.165, 1.54) is 16.4 Å². The smallest absolute Gasteiger partial charge is 0.339 e. The number of imide groups is 1. The molecule has 1 fully saturated rings. The Morgan fingerprint density at radius 2 is 1.74 bits per heavy atom. The van der Waals surface area contributed by atoms with Crippen LogP contribution in [0.2, 0.25) is 0 Å². The van der Waals surface area contributed by atoms with Crippen LogP contribution < -0.4 is 10.6 Å². The summed E-state index contributed by atoms with van der Waals surface area (Å²) in [4.78, 5) is 36.7. The number of sulfonamides is 1. The molecule has 11 heteroatoms. The lowest BCUT2D eigenvalue weighted by Crippen LogP contribution is -2.42. The van der Waals surface area contributed by atoms with Crippen molar-refractivity contribution in [1.82, 2.24) is 14.9 Å². The van der Waals surface area contributed by atoms with E-state index in [4.69, 9.17) is 4.74 Å². The molecule has 1 aliphatic rings. The number of urea groups is 1. The Bertz CT molecular complexity index is 1150. The van der Waals surface area contributed by atoms with Crippen LogP contribution >= 0.6 is 0 Å². The molecule has 2 aromatic rings. The molecule has 1 atom stereocenters. The number of piperidine rings is 1. The Balaban J connectivity index is 1.87. The van der Waals surface area contributed by atoms with Crippen LogP contribution in [0.4, 0.5) is 9.18 Å². The van der Waals surface area contributed by atoms with E-state index in [2.05, 4.69) is 10.6 Å². The molecule has 0 bridgehead atoms. The first kappa shape index (κ1) is 25.3. The number of carbonyl (C=O) groups is 3. The van der Waals surface area contributed by atoms with Crippen molar-refractivity contribution in [2.24, 2.45) is 0 Å². The van der Waals surface area contributed by atoms with Gasteiger partial charge >= 0.3 is 12.0 Å². The number of hydrogen-bond donors (Lipinski definition) is 2. The largest absolute Gasteiger partial charge is 0.444 e. The van der Waals surface area contributed by atoms with Crippen molar-refractivity contribution in [3.63, 3.8) is 0 Å². The number of amides is 3. The molecule has 1 heterocycles. The van der Waals surface area contributed by atoms with Gasteiger partial charge in [0, 0.05) is 25.2 Å². The van der Waals surface area contributed by atoms with Crippen LogP contribution in [0.3, 0.4) is 0 Å². The molecule has 1 saturated heterocycles. The number of carbonyl (C=O) groups excluding carboxylic acids is 3. The highest BCUT2D eigenvalue weighted by molar-refractivity contribution is 7.89. The Hall–Kier alpha value is -3.31. The number of nitrogens with one attached hydrogen (secondary N) is 2. The summed E-state index contributed by atoms with van der Waals surface area (Å²) in [5.41, 5.74) is 0.0460. The van der Waals surface area contributed by atoms with Crippen LogP contribution in [0.15, 0.2) is 53.4 Å². The lowest BCUT2D eigenvalue weighted by Gasteiger charge is -2.26. The van der Waals surface area contributed by atoms with E-state index in [-0.39, 0.29) is 25.2 Å². The van der Waals surface area contributed by atoms with Gasteiger partial charge in [-0.15, -0.1) is 0 Å². The summed E-state index contributed by atoms with van der Waals surface area (Å²) in [6, 6.07) is 10.1. The van der Waals surface area contributed by atoms with E-state index in [1.807, 2.05) is 0 Å². The predicted molar refractivity (Wildman–Crippen MR) is 121 cm³/mol. The first-order valence-corrected chi connectivity index (χ1v) is 12.3. The third-order valence-electron chi connectivity index (χ3n) is 5.24. The molecule has 9 nitrogen and oxygen atoms in total. The maximum absolute atomic E-state index is 14.5. The highest BCUT2D eigenvalue weighted by atomic mass is 32.2. The average Bonchev–Trinajstić information content (AvgIpc) is 2.83. The lowest BCUT2D eigenvalue weighted by molar-refractivity contribution is -0.129. The van der Waals surface area contributed by atoms with Crippen molar-refractivity contribution >= 4 is 27.9 Å². The molecule has 1 unspecified atom stereocenters. The fourth-order valence-electron chi connectivity index (χ4n) is 3.53. The summed E-state index contributed by atoms with van der Waals surface area (Å²) in [5.74, 6) is -2.93. The van der Waals surface area contributed by atoms with Gasteiger partial charge in [0.15, 0.2) is 0 Å². The van der Waals surface area contributed by atoms with E-state index in [0.717, 1.165) is 24.6 Å². The van der Waals surface area contributed by atoms with Gasteiger partial charge in [0.05, 0.1) is 5.56 Å². The highest BCUT2D eigenvalue weighted by Crippen LogP contribution is 2.26. The number of hydrogen-bond acceptors (Lipinski definition) is 6. The first-order valence-electron chi connectivity index (χ1n) is 10.9. The predicted octanol–water partition coefficient (Wildman–Crippen LogP) is 2.74. The van der Waals surface area contributed by atoms with Crippen molar-refractivity contribution in [3.8, 4) is 0 Å². The third-order valence-corrected chi connectivity index (χ3v) is 7.15. The maximum Gasteiger partial charge on any atom is 0.339 e. The van der Waals surface area contributed by atoms with Gasteiger partial charge in [-0.2, -0.15) is 4.31 Å². The highest BCUT2D eigenvalue weighted by Gasteiger charge is 2.31.